The number of anilines is 2. The third kappa shape index (κ3) is 2.99. The van der Waals surface area contributed by atoms with Crippen molar-refractivity contribution in [3.63, 3.8) is 0 Å². The Labute approximate surface area is 102 Å². The molecule has 94 valence electrons. The Kier molecular flexibility index (Phi) is 3.81. The van der Waals surface area contributed by atoms with Crippen molar-refractivity contribution in [1.82, 2.24) is 4.98 Å². The zero-order valence-corrected chi connectivity index (χ0v) is 9.31. The van der Waals surface area contributed by atoms with Gasteiger partial charge in [0, 0.05) is 29.6 Å². The van der Waals surface area contributed by atoms with E-state index in [1.807, 2.05) is 0 Å². The number of hydrogen-bond donors (Lipinski definition) is 2. The molecule has 18 heavy (non-hydrogen) atoms. The minimum absolute atomic E-state index is 0.0634. The maximum Gasteiger partial charge on any atom is 0.263 e. The van der Waals surface area contributed by atoms with E-state index in [2.05, 4.69) is 10.3 Å². The van der Waals surface area contributed by atoms with E-state index in [1.54, 1.807) is 18.2 Å². The fourth-order valence-corrected chi connectivity index (χ4v) is 1.49. The highest BCUT2D eigenvalue weighted by atomic mass is 19.3. The normalized spacial score (nSPS) is 10.7. The summed E-state index contributed by atoms with van der Waals surface area (Å²) < 4.78 is 25.0. The van der Waals surface area contributed by atoms with Crippen molar-refractivity contribution in [2.24, 2.45) is 0 Å². The average Bonchev–Trinajstić information content (AvgIpc) is 2.39. The van der Waals surface area contributed by atoms with Crippen LogP contribution in [-0.4, -0.2) is 4.98 Å². The van der Waals surface area contributed by atoms with Crippen LogP contribution in [0.3, 0.4) is 0 Å². The molecule has 3 N–H and O–H groups in total. The van der Waals surface area contributed by atoms with Crippen LogP contribution in [0.1, 0.15) is 12.0 Å². The van der Waals surface area contributed by atoms with Gasteiger partial charge in [-0.05, 0) is 12.1 Å². The number of aromatic nitrogens is 1. The van der Waals surface area contributed by atoms with Gasteiger partial charge in [-0.3, -0.25) is 0 Å². The smallest absolute Gasteiger partial charge is 0.263 e. The molecule has 2 rings (SSSR count). The van der Waals surface area contributed by atoms with E-state index in [4.69, 9.17) is 0 Å². The van der Waals surface area contributed by atoms with Crippen molar-refractivity contribution < 1.29 is 14.3 Å². The van der Waals surface area contributed by atoms with Gasteiger partial charge in [0.2, 0.25) is 0 Å². The van der Waals surface area contributed by atoms with Gasteiger partial charge in [0.1, 0.15) is 11.5 Å². The van der Waals surface area contributed by atoms with Crippen molar-refractivity contribution in [3.8, 4) is 0 Å². The Morgan fingerprint density at radius 3 is 2.78 bits per heavy atom. The number of nitrogens with one attached hydrogen (secondary N) is 1. The Bertz CT molecular complexity index is 534. The molecule has 0 saturated heterocycles. The summed E-state index contributed by atoms with van der Waals surface area (Å²) in [5.74, 6) is 0.436. The molecule has 0 unspecified atom stereocenters. The van der Waals surface area contributed by atoms with E-state index in [1.165, 1.54) is 24.4 Å². The van der Waals surface area contributed by atoms with Gasteiger partial charge in [-0.2, -0.15) is 0 Å². The van der Waals surface area contributed by atoms with E-state index < -0.39 is 6.43 Å². The fraction of sp³-hybridized carbons (Fsp3) is 0.0833. The molecule has 0 aliphatic heterocycles. The SMILES string of the molecule is [O-][NH2+]c1ccnc(Nc2cccc(C(F)F)c2)c1. The van der Waals surface area contributed by atoms with Crippen LogP contribution in [0.25, 0.3) is 0 Å². The summed E-state index contributed by atoms with van der Waals surface area (Å²) in [5.41, 5.74) is 1.61. The standard InChI is InChI=1S/C12H11F2N3O/c13-12(14)8-2-1-3-9(6-8)16-11-7-10(17-18)4-5-15-11/h1-7,12H,17H2,(H,15,16). The quantitative estimate of drug-likeness (QED) is 0.820. The molecule has 2 aromatic rings. The van der Waals surface area contributed by atoms with Crippen LogP contribution in [0.15, 0.2) is 42.6 Å². The second kappa shape index (κ2) is 5.52. The highest BCUT2D eigenvalue weighted by molar-refractivity contribution is 5.59. The minimum atomic E-state index is -2.51. The highest BCUT2D eigenvalue weighted by Crippen LogP contribution is 2.23. The lowest BCUT2D eigenvalue weighted by molar-refractivity contribution is -0.497. The molecule has 0 spiro atoms. The predicted molar refractivity (Wildman–Crippen MR) is 63.9 cm³/mol. The van der Waals surface area contributed by atoms with Gasteiger partial charge < -0.3 is 16.0 Å². The van der Waals surface area contributed by atoms with E-state index in [0.29, 0.717) is 22.7 Å². The Balaban J connectivity index is 2.20. The number of rotatable bonds is 4. The van der Waals surface area contributed by atoms with Crippen molar-refractivity contribution in [2.45, 2.75) is 6.43 Å². The molecule has 1 heterocycles. The molecule has 0 fully saturated rings. The van der Waals surface area contributed by atoms with Gasteiger partial charge in [0.25, 0.3) is 6.43 Å². The van der Waals surface area contributed by atoms with Crippen molar-refractivity contribution >= 4 is 17.2 Å². The van der Waals surface area contributed by atoms with Gasteiger partial charge in [0.15, 0.2) is 0 Å². The third-order valence-corrected chi connectivity index (χ3v) is 2.33. The minimum Gasteiger partial charge on any atom is -0.630 e. The molecule has 0 radical (unpaired) electrons. The van der Waals surface area contributed by atoms with Crippen LogP contribution in [0.5, 0.6) is 0 Å². The van der Waals surface area contributed by atoms with Gasteiger partial charge in [-0.25, -0.2) is 13.8 Å². The van der Waals surface area contributed by atoms with Gasteiger partial charge in [0.05, 0.1) is 0 Å². The molecular formula is C12H11F2N3O. The molecule has 0 amide bonds. The van der Waals surface area contributed by atoms with E-state index in [9.17, 15) is 14.0 Å². The van der Waals surface area contributed by atoms with E-state index >= 15 is 0 Å². The second-order valence-electron chi connectivity index (χ2n) is 3.64. The summed E-state index contributed by atoms with van der Waals surface area (Å²) in [6, 6.07) is 9.00. The van der Waals surface area contributed by atoms with E-state index in [-0.39, 0.29) is 5.56 Å². The molecular weight excluding hydrogens is 240 g/mol. The monoisotopic (exact) mass is 251 g/mol. The highest BCUT2D eigenvalue weighted by Gasteiger charge is 2.07. The van der Waals surface area contributed by atoms with Crippen LogP contribution < -0.4 is 10.8 Å². The number of quaternary nitrogens is 1. The third-order valence-electron chi connectivity index (χ3n) is 2.33. The second-order valence-corrected chi connectivity index (χ2v) is 3.64. The zero-order chi connectivity index (χ0) is 13.0. The van der Waals surface area contributed by atoms with Crippen LogP contribution in [0.2, 0.25) is 0 Å². The maximum atomic E-state index is 12.5. The first-order chi connectivity index (χ1) is 8.69. The van der Waals surface area contributed by atoms with Crippen LogP contribution in [0.4, 0.5) is 26.0 Å². The Morgan fingerprint density at radius 1 is 1.22 bits per heavy atom. The number of nitrogens with zero attached hydrogens (tertiary/aromatic N) is 1. The summed E-state index contributed by atoms with van der Waals surface area (Å²) in [6.45, 7) is 0. The molecule has 0 aliphatic carbocycles. The number of halogens is 2. The summed E-state index contributed by atoms with van der Waals surface area (Å²) >= 11 is 0. The number of pyridine rings is 1. The lowest BCUT2D eigenvalue weighted by Crippen LogP contribution is -2.70. The maximum absolute atomic E-state index is 12.5. The van der Waals surface area contributed by atoms with Crippen LogP contribution in [-0.2, 0) is 0 Å². The number of alkyl halides is 2. The lowest BCUT2D eigenvalue weighted by Gasteiger charge is -2.08. The molecule has 0 aliphatic rings. The molecule has 1 aromatic heterocycles. The molecule has 1 aromatic carbocycles. The predicted octanol–water partition coefficient (Wildman–Crippen LogP) is 2.46. The van der Waals surface area contributed by atoms with Gasteiger partial charge in [-0.1, -0.05) is 12.1 Å². The van der Waals surface area contributed by atoms with Crippen LogP contribution in [0, 0.1) is 5.21 Å². The average molecular weight is 251 g/mol. The molecule has 0 atom stereocenters. The Morgan fingerprint density at radius 2 is 2.06 bits per heavy atom. The first-order valence-corrected chi connectivity index (χ1v) is 5.25. The molecule has 6 heteroatoms. The van der Waals surface area contributed by atoms with Gasteiger partial charge in [-0.15, -0.1) is 0 Å². The van der Waals surface area contributed by atoms with Crippen molar-refractivity contribution in [1.29, 1.82) is 0 Å². The summed E-state index contributed by atoms with van der Waals surface area (Å²) in [7, 11) is 0. The molecule has 0 bridgehead atoms. The summed E-state index contributed by atoms with van der Waals surface area (Å²) in [4.78, 5) is 4.00. The lowest BCUT2D eigenvalue weighted by atomic mass is 10.2. The van der Waals surface area contributed by atoms with E-state index in [0.717, 1.165) is 0 Å². The number of hydrogen-bond acceptors (Lipinski definition) is 3. The molecule has 4 nitrogen and oxygen atoms in total. The largest absolute Gasteiger partial charge is 0.630 e. The van der Waals surface area contributed by atoms with Crippen molar-refractivity contribution in [2.75, 3.05) is 5.32 Å². The first-order valence-electron chi connectivity index (χ1n) is 5.25. The van der Waals surface area contributed by atoms with Gasteiger partial charge >= 0.3 is 0 Å². The summed E-state index contributed by atoms with van der Waals surface area (Å²) in [6.07, 6.45) is -1.04. The van der Waals surface area contributed by atoms with Crippen molar-refractivity contribution in [3.05, 3.63) is 53.4 Å². The fourth-order valence-electron chi connectivity index (χ4n) is 1.49. The summed E-state index contributed by atoms with van der Waals surface area (Å²) in [5, 5.41) is 13.5. The zero-order valence-electron chi connectivity index (χ0n) is 9.31. The number of benzene rings is 1. The Hall–Kier alpha value is -2.05. The molecule has 0 saturated carbocycles. The first kappa shape index (κ1) is 12.4. The number of nitrogens with two attached hydrogens (primary N) is 1. The topological polar surface area (TPSA) is 64.6 Å². The van der Waals surface area contributed by atoms with Crippen LogP contribution >= 0.6 is 0 Å².